The number of benzene rings is 6. The number of fused-ring (bicyclic) bond motifs is 10. The molecule has 0 radical (unpaired) electrons. The van der Waals surface area contributed by atoms with Crippen LogP contribution in [0.4, 0.5) is 0 Å². The van der Waals surface area contributed by atoms with Gasteiger partial charge in [0.05, 0.1) is 33.5 Å². The summed E-state index contributed by atoms with van der Waals surface area (Å²) in [6.07, 6.45) is 15.4. The summed E-state index contributed by atoms with van der Waals surface area (Å²) in [7, 11) is 0. The van der Waals surface area contributed by atoms with Crippen LogP contribution in [0, 0.1) is 0 Å². The van der Waals surface area contributed by atoms with Crippen molar-refractivity contribution in [2.75, 3.05) is 0 Å². The van der Waals surface area contributed by atoms with Gasteiger partial charge in [-0.25, -0.2) is 9.97 Å². The third kappa shape index (κ3) is 4.54. The lowest BCUT2D eigenvalue weighted by Gasteiger charge is -2.13. The first-order chi connectivity index (χ1) is 25.8. The Bertz CT molecular complexity index is 2990. The number of H-pyrrole nitrogens is 1. The van der Waals surface area contributed by atoms with Gasteiger partial charge in [0, 0.05) is 43.9 Å². The Balaban J connectivity index is 1.14. The molecule has 9 aromatic rings. The van der Waals surface area contributed by atoms with Crippen LogP contribution in [-0.2, 0) is 6.42 Å². The van der Waals surface area contributed by atoms with Crippen molar-refractivity contribution in [1.29, 1.82) is 0 Å². The van der Waals surface area contributed by atoms with E-state index in [-0.39, 0.29) is 0 Å². The van der Waals surface area contributed by atoms with Crippen molar-refractivity contribution in [3.63, 3.8) is 0 Å². The fourth-order valence-electron chi connectivity index (χ4n) is 8.47. The second-order valence-corrected chi connectivity index (χ2v) is 14.1. The first kappa shape index (κ1) is 29.2. The summed E-state index contributed by atoms with van der Waals surface area (Å²) < 4.78 is 2.46. The fraction of sp³-hybridized carbons (Fsp3) is 0.0833. The molecule has 3 aromatic heterocycles. The molecule has 0 aliphatic heterocycles. The van der Waals surface area contributed by atoms with Crippen LogP contribution in [0.2, 0.25) is 0 Å². The van der Waals surface area contributed by atoms with Crippen LogP contribution in [0.3, 0.4) is 0 Å². The van der Waals surface area contributed by atoms with Gasteiger partial charge < -0.3 is 9.55 Å². The highest BCUT2D eigenvalue weighted by Gasteiger charge is 2.21. The highest BCUT2D eigenvalue weighted by molar-refractivity contribution is 6.24. The minimum atomic E-state index is 0.768. The molecule has 11 rings (SSSR count). The normalized spacial score (nSPS) is 14.2. The standard InChI is InChI=1S/C48H34N4/c1-3-12-31(13-4-1)42-29-43(50-48(49-42)33-14-5-2-6-15-33)32-19-22-36(23-20-32)52-44-28-35-17-8-7-16-34(35)27-41(44)40-26-25-39-38-24-21-30-11-9-10-18-37(30)45(38)51-46(39)47(40)52/h1,3-5,7-9,11-17,19-29,51H,2,6,10,18H2. The lowest BCUT2D eigenvalue weighted by Crippen LogP contribution is -2.00. The van der Waals surface area contributed by atoms with Crippen molar-refractivity contribution in [2.24, 2.45) is 0 Å². The SMILES string of the molecule is C1=CC(c2nc(-c3ccccc3)cc(-c3ccc(-n4c5cc6ccccc6cc5c5ccc6c7ccc8c(c7[nH]c6c54)CCC=C8)cc3)n2)=CCC1. The van der Waals surface area contributed by atoms with Crippen molar-refractivity contribution in [3.05, 3.63) is 163 Å². The van der Waals surface area contributed by atoms with E-state index in [4.69, 9.17) is 9.97 Å². The molecule has 2 aliphatic carbocycles. The average molecular weight is 667 g/mol. The van der Waals surface area contributed by atoms with Crippen LogP contribution < -0.4 is 0 Å². The summed E-state index contributed by atoms with van der Waals surface area (Å²) in [4.78, 5) is 14.1. The van der Waals surface area contributed by atoms with E-state index >= 15 is 0 Å². The topological polar surface area (TPSA) is 46.5 Å². The highest BCUT2D eigenvalue weighted by atomic mass is 15.0. The zero-order valence-electron chi connectivity index (χ0n) is 28.6. The molecular formula is C48H34N4. The molecule has 2 aliphatic rings. The molecule has 4 nitrogen and oxygen atoms in total. The number of aromatic nitrogens is 4. The Morgan fingerprint density at radius 2 is 1.27 bits per heavy atom. The van der Waals surface area contributed by atoms with Crippen molar-refractivity contribution >= 4 is 66.0 Å². The van der Waals surface area contributed by atoms with E-state index in [0.29, 0.717) is 0 Å². The van der Waals surface area contributed by atoms with E-state index in [1.54, 1.807) is 0 Å². The van der Waals surface area contributed by atoms with Crippen molar-refractivity contribution in [2.45, 2.75) is 25.7 Å². The summed E-state index contributed by atoms with van der Waals surface area (Å²) in [5, 5.41) is 7.54. The molecule has 3 heterocycles. The molecule has 0 bridgehead atoms. The monoisotopic (exact) mass is 666 g/mol. The predicted molar refractivity (Wildman–Crippen MR) is 218 cm³/mol. The van der Waals surface area contributed by atoms with Crippen LogP contribution in [0.5, 0.6) is 0 Å². The van der Waals surface area contributed by atoms with Gasteiger partial charge in [0.1, 0.15) is 0 Å². The molecule has 0 spiro atoms. The zero-order chi connectivity index (χ0) is 34.2. The van der Waals surface area contributed by atoms with Gasteiger partial charge in [0.25, 0.3) is 0 Å². The lowest BCUT2D eigenvalue weighted by molar-refractivity contribution is 0.994. The summed E-state index contributed by atoms with van der Waals surface area (Å²) >= 11 is 0. The number of hydrogen-bond acceptors (Lipinski definition) is 2. The molecule has 0 amide bonds. The summed E-state index contributed by atoms with van der Waals surface area (Å²) in [6, 6.07) is 44.1. The van der Waals surface area contributed by atoms with E-state index in [0.717, 1.165) is 65.3 Å². The van der Waals surface area contributed by atoms with E-state index in [1.807, 2.05) is 6.07 Å². The van der Waals surface area contributed by atoms with Crippen molar-refractivity contribution in [1.82, 2.24) is 19.5 Å². The van der Waals surface area contributed by atoms with Gasteiger partial charge in [-0.2, -0.15) is 0 Å². The minimum absolute atomic E-state index is 0.768. The number of rotatable bonds is 4. The van der Waals surface area contributed by atoms with Gasteiger partial charge in [-0.1, -0.05) is 121 Å². The van der Waals surface area contributed by atoms with Crippen LogP contribution in [0.15, 0.2) is 146 Å². The Labute approximate surface area is 301 Å². The van der Waals surface area contributed by atoms with Crippen LogP contribution in [0.1, 0.15) is 36.2 Å². The Morgan fingerprint density at radius 1 is 0.558 bits per heavy atom. The predicted octanol–water partition coefficient (Wildman–Crippen LogP) is 12.4. The largest absolute Gasteiger partial charge is 0.353 e. The van der Waals surface area contributed by atoms with E-state index in [1.165, 1.54) is 65.5 Å². The Kier molecular flexibility index (Phi) is 6.47. The number of aryl methyl sites for hydroxylation is 1. The summed E-state index contributed by atoms with van der Waals surface area (Å²) in [5.74, 6) is 0.768. The second-order valence-electron chi connectivity index (χ2n) is 14.1. The molecule has 4 heteroatoms. The average Bonchev–Trinajstić information content (AvgIpc) is 3.76. The zero-order valence-corrected chi connectivity index (χ0v) is 28.6. The number of hydrogen-bond donors (Lipinski definition) is 1. The third-order valence-electron chi connectivity index (χ3n) is 11.0. The molecule has 1 N–H and O–H groups in total. The summed E-state index contributed by atoms with van der Waals surface area (Å²) in [5.41, 5.74) is 13.8. The lowest BCUT2D eigenvalue weighted by atomic mass is 9.95. The first-order valence-corrected chi connectivity index (χ1v) is 18.3. The van der Waals surface area contributed by atoms with Gasteiger partial charge in [0.15, 0.2) is 5.82 Å². The second kappa shape index (κ2) is 11.5. The van der Waals surface area contributed by atoms with Gasteiger partial charge >= 0.3 is 0 Å². The molecule has 0 saturated heterocycles. The van der Waals surface area contributed by atoms with Crippen molar-refractivity contribution < 1.29 is 0 Å². The maximum absolute atomic E-state index is 5.13. The highest BCUT2D eigenvalue weighted by Crippen LogP contribution is 2.42. The van der Waals surface area contributed by atoms with Gasteiger partial charge in [-0.15, -0.1) is 0 Å². The fourth-order valence-corrected chi connectivity index (χ4v) is 8.47. The van der Waals surface area contributed by atoms with Gasteiger partial charge in [-0.05, 0) is 77.9 Å². The van der Waals surface area contributed by atoms with Crippen molar-refractivity contribution in [3.8, 4) is 28.2 Å². The Hall–Kier alpha value is -6.52. The van der Waals surface area contributed by atoms with Crippen LogP contribution >= 0.6 is 0 Å². The number of allylic oxidation sites excluding steroid dienone is 5. The molecule has 0 saturated carbocycles. The maximum atomic E-state index is 5.13. The molecule has 0 atom stereocenters. The minimum Gasteiger partial charge on any atom is -0.353 e. The molecular weight excluding hydrogens is 633 g/mol. The molecule has 6 aromatic carbocycles. The number of nitrogens with zero attached hydrogens (tertiary/aromatic N) is 3. The van der Waals surface area contributed by atoms with Gasteiger partial charge in [0.2, 0.25) is 0 Å². The van der Waals surface area contributed by atoms with Gasteiger partial charge in [-0.3, -0.25) is 0 Å². The number of aromatic amines is 1. The molecule has 0 fully saturated rings. The maximum Gasteiger partial charge on any atom is 0.160 e. The van der Waals surface area contributed by atoms with E-state index < -0.39 is 0 Å². The van der Waals surface area contributed by atoms with Crippen LogP contribution in [-0.4, -0.2) is 19.5 Å². The van der Waals surface area contributed by atoms with Crippen LogP contribution in [0.25, 0.3) is 94.2 Å². The third-order valence-corrected chi connectivity index (χ3v) is 11.0. The summed E-state index contributed by atoms with van der Waals surface area (Å²) in [6.45, 7) is 0. The Morgan fingerprint density at radius 3 is 2.08 bits per heavy atom. The molecule has 246 valence electrons. The first-order valence-electron chi connectivity index (χ1n) is 18.3. The quantitative estimate of drug-likeness (QED) is 0.203. The number of nitrogens with one attached hydrogen (secondary N) is 1. The smallest absolute Gasteiger partial charge is 0.160 e. The molecule has 0 unspecified atom stereocenters. The van der Waals surface area contributed by atoms with E-state index in [9.17, 15) is 0 Å². The van der Waals surface area contributed by atoms with E-state index in [2.05, 4.69) is 155 Å². The molecule has 52 heavy (non-hydrogen) atoms.